The van der Waals surface area contributed by atoms with Crippen LogP contribution in [0.5, 0.6) is 5.75 Å². The highest BCUT2D eigenvalue weighted by Crippen LogP contribution is 2.25. The van der Waals surface area contributed by atoms with Crippen molar-refractivity contribution in [2.24, 2.45) is 0 Å². The predicted molar refractivity (Wildman–Crippen MR) is 116 cm³/mol. The van der Waals surface area contributed by atoms with E-state index in [-0.39, 0.29) is 4.90 Å². The summed E-state index contributed by atoms with van der Waals surface area (Å²) < 4.78 is 44.0. The molecule has 1 aliphatic heterocycles. The van der Waals surface area contributed by atoms with Gasteiger partial charge in [-0.05, 0) is 58.0 Å². The van der Waals surface area contributed by atoms with Crippen LogP contribution < -0.4 is 4.74 Å². The molecule has 1 aliphatic rings. The maximum Gasteiger partial charge on any atom is 0.248 e. The quantitative estimate of drug-likeness (QED) is 0.523. The molecule has 0 unspecified atom stereocenters. The first-order valence-electron chi connectivity index (χ1n) is 10.6. The first-order valence-corrected chi connectivity index (χ1v) is 12.0. The molecule has 1 aromatic carbocycles. The van der Waals surface area contributed by atoms with Gasteiger partial charge in [-0.25, -0.2) is 8.42 Å². The summed E-state index contributed by atoms with van der Waals surface area (Å²) in [4.78, 5) is 2.29. The summed E-state index contributed by atoms with van der Waals surface area (Å²) in [5.74, 6) is 2.05. The zero-order valence-corrected chi connectivity index (χ0v) is 19.3. The van der Waals surface area contributed by atoms with Crippen molar-refractivity contribution in [2.75, 3.05) is 32.8 Å². The SMILES string of the molecule is CCOc1ccc(-c2nnc(CN3CCCN(S(=O)(=O)c4c(C)noc4C)CC3)o2)cc1. The second-order valence-electron chi connectivity index (χ2n) is 7.65. The van der Waals surface area contributed by atoms with Crippen LogP contribution in [0.1, 0.15) is 30.7 Å². The van der Waals surface area contributed by atoms with Crippen molar-refractivity contribution < 1.29 is 22.1 Å². The Bertz CT molecular complexity index is 1140. The zero-order chi connectivity index (χ0) is 22.7. The molecule has 3 aromatic rings. The third-order valence-corrected chi connectivity index (χ3v) is 7.49. The van der Waals surface area contributed by atoms with E-state index in [1.165, 1.54) is 4.31 Å². The number of sulfonamides is 1. The Morgan fingerprint density at radius 1 is 1.06 bits per heavy atom. The van der Waals surface area contributed by atoms with Crippen molar-refractivity contribution in [2.45, 2.75) is 38.6 Å². The van der Waals surface area contributed by atoms with Crippen LogP contribution in [0.2, 0.25) is 0 Å². The Kier molecular flexibility index (Phi) is 6.58. The van der Waals surface area contributed by atoms with Gasteiger partial charge in [0.25, 0.3) is 0 Å². The standard InChI is InChI=1S/C21H27N5O5S/c1-4-29-18-8-6-17(7-9-18)21-23-22-19(30-21)14-25-10-5-11-26(13-12-25)32(27,28)20-15(2)24-31-16(20)3/h6-9H,4-5,10-14H2,1-3H3. The van der Waals surface area contributed by atoms with Gasteiger partial charge in [0.15, 0.2) is 5.76 Å². The van der Waals surface area contributed by atoms with Gasteiger partial charge in [-0.15, -0.1) is 10.2 Å². The van der Waals surface area contributed by atoms with Gasteiger partial charge < -0.3 is 13.7 Å². The molecule has 0 radical (unpaired) electrons. The maximum absolute atomic E-state index is 13.1. The van der Waals surface area contributed by atoms with Gasteiger partial charge in [0.05, 0.1) is 13.2 Å². The molecule has 0 N–H and O–H groups in total. The molecule has 1 fully saturated rings. The van der Waals surface area contributed by atoms with Crippen LogP contribution in [-0.2, 0) is 16.6 Å². The van der Waals surface area contributed by atoms with Gasteiger partial charge >= 0.3 is 0 Å². The highest BCUT2D eigenvalue weighted by molar-refractivity contribution is 7.89. The van der Waals surface area contributed by atoms with E-state index in [0.717, 1.165) is 17.9 Å². The molecule has 0 atom stereocenters. The number of nitrogens with zero attached hydrogens (tertiary/aromatic N) is 5. The molecule has 1 saturated heterocycles. The van der Waals surface area contributed by atoms with Crippen LogP contribution in [0.4, 0.5) is 0 Å². The van der Waals surface area contributed by atoms with Crippen LogP contribution in [-0.4, -0.2) is 65.8 Å². The predicted octanol–water partition coefficient (Wildman–Crippen LogP) is 2.64. The van der Waals surface area contributed by atoms with Crippen LogP contribution in [0, 0.1) is 13.8 Å². The summed E-state index contributed by atoms with van der Waals surface area (Å²) in [6.45, 7) is 8.36. The van der Waals surface area contributed by atoms with Crippen molar-refractivity contribution in [1.29, 1.82) is 0 Å². The highest BCUT2D eigenvalue weighted by atomic mass is 32.2. The number of hydrogen-bond donors (Lipinski definition) is 0. The first kappa shape index (κ1) is 22.4. The van der Waals surface area contributed by atoms with E-state index in [9.17, 15) is 8.42 Å². The van der Waals surface area contributed by atoms with E-state index in [0.29, 0.717) is 62.4 Å². The number of ether oxygens (including phenoxy) is 1. The summed E-state index contributed by atoms with van der Waals surface area (Å²) in [6, 6.07) is 7.49. The molecule has 0 spiro atoms. The third-order valence-electron chi connectivity index (χ3n) is 5.35. The molecule has 2 aromatic heterocycles. The Morgan fingerprint density at radius 2 is 1.84 bits per heavy atom. The van der Waals surface area contributed by atoms with Crippen LogP contribution in [0.3, 0.4) is 0 Å². The lowest BCUT2D eigenvalue weighted by molar-refractivity contribution is 0.251. The summed E-state index contributed by atoms with van der Waals surface area (Å²) in [6.07, 6.45) is 0.697. The largest absolute Gasteiger partial charge is 0.494 e. The molecule has 0 amide bonds. The van der Waals surface area contributed by atoms with Crippen molar-refractivity contribution in [3.05, 3.63) is 41.6 Å². The number of aromatic nitrogens is 3. The monoisotopic (exact) mass is 461 g/mol. The Hall–Kier alpha value is -2.76. The summed E-state index contributed by atoms with van der Waals surface area (Å²) >= 11 is 0. The highest BCUT2D eigenvalue weighted by Gasteiger charge is 2.32. The topological polar surface area (TPSA) is 115 Å². The minimum Gasteiger partial charge on any atom is -0.494 e. The number of aryl methyl sites for hydroxylation is 2. The van der Waals surface area contributed by atoms with Gasteiger partial charge in [0, 0.05) is 25.2 Å². The van der Waals surface area contributed by atoms with Gasteiger partial charge in [0.2, 0.25) is 21.8 Å². The Balaban J connectivity index is 1.40. The fourth-order valence-corrected chi connectivity index (χ4v) is 5.56. The number of benzene rings is 1. The summed E-state index contributed by atoms with van der Waals surface area (Å²) in [5, 5.41) is 12.1. The lowest BCUT2D eigenvalue weighted by Crippen LogP contribution is -2.35. The third kappa shape index (κ3) is 4.69. The Morgan fingerprint density at radius 3 is 2.53 bits per heavy atom. The molecule has 0 aliphatic carbocycles. The van der Waals surface area contributed by atoms with E-state index in [1.807, 2.05) is 31.2 Å². The zero-order valence-electron chi connectivity index (χ0n) is 18.4. The second kappa shape index (κ2) is 9.39. The molecule has 0 saturated carbocycles. The summed E-state index contributed by atoms with van der Waals surface area (Å²) in [7, 11) is -3.65. The second-order valence-corrected chi connectivity index (χ2v) is 9.52. The molecular formula is C21H27N5O5S. The van der Waals surface area contributed by atoms with Crippen molar-refractivity contribution >= 4 is 10.0 Å². The fourth-order valence-electron chi connectivity index (χ4n) is 3.80. The van der Waals surface area contributed by atoms with Gasteiger partial charge in [-0.3, -0.25) is 4.90 Å². The molecule has 32 heavy (non-hydrogen) atoms. The Labute approximate surface area is 187 Å². The molecule has 11 heteroatoms. The van der Waals surface area contributed by atoms with Gasteiger partial charge in [-0.2, -0.15) is 4.31 Å². The molecule has 4 rings (SSSR count). The van der Waals surface area contributed by atoms with Crippen LogP contribution in [0.15, 0.2) is 38.1 Å². The molecule has 3 heterocycles. The number of rotatable bonds is 7. The van der Waals surface area contributed by atoms with E-state index in [4.69, 9.17) is 13.7 Å². The van der Waals surface area contributed by atoms with Gasteiger partial charge in [-0.1, -0.05) is 5.16 Å². The molecule has 10 nitrogen and oxygen atoms in total. The molecular weight excluding hydrogens is 434 g/mol. The van der Waals surface area contributed by atoms with E-state index >= 15 is 0 Å². The minimum absolute atomic E-state index is 0.169. The lowest BCUT2D eigenvalue weighted by Gasteiger charge is -2.20. The van der Waals surface area contributed by atoms with Crippen LogP contribution in [0.25, 0.3) is 11.5 Å². The van der Waals surface area contributed by atoms with Crippen molar-refractivity contribution in [3.8, 4) is 17.2 Å². The summed E-state index contributed by atoms with van der Waals surface area (Å²) in [5.41, 5.74) is 1.20. The van der Waals surface area contributed by atoms with E-state index in [2.05, 4.69) is 20.3 Å². The van der Waals surface area contributed by atoms with Crippen LogP contribution >= 0.6 is 0 Å². The van der Waals surface area contributed by atoms with Crippen molar-refractivity contribution in [1.82, 2.24) is 24.6 Å². The van der Waals surface area contributed by atoms with Gasteiger partial charge in [0.1, 0.15) is 16.3 Å². The maximum atomic E-state index is 13.1. The first-order chi connectivity index (χ1) is 15.4. The normalized spacial score (nSPS) is 16.2. The average molecular weight is 462 g/mol. The van der Waals surface area contributed by atoms with E-state index < -0.39 is 10.0 Å². The number of hydrogen-bond acceptors (Lipinski definition) is 9. The van der Waals surface area contributed by atoms with E-state index in [1.54, 1.807) is 13.8 Å². The average Bonchev–Trinajstić information content (AvgIpc) is 3.28. The lowest BCUT2D eigenvalue weighted by atomic mass is 10.2. The molecule has 172 valence electrons. The van der Waals surface area contributed by atoms with Crippen molar-refractivity contribution in [3.63, 3.8) is 0 Å². The smallest absolute Gasteiger partial charge is 0.248 e. The molecule has 0 bridgehead atoms. The minimum atomic E-state index is -3.65. The fraction of sp³-hybridized carbons (Fsp3) is 0.476.